The molecule has 2 atom stereocenters. The van der Waals surface area contributed by atoms with Crippen LogP contribution < -0.4 is 5.73 Å². The van der Waals surface area contributed by atoms with Crippen molar-refractivity contribution in [2.24, 2.45) is 11.7 Å². The normalized spacial score (nSPS) is 14.4. The van der Waals surface area contributed by atoms with E-state index in [1.165, 1.54) is 0 Å². The molecule has 1 unspecified atom stereocenters. The number of nitrogens with two attached hydrogens (primary N) is 1. The van der Waals surface area contributed by atoms with Gasteiger partial charge in [0.2, 0.25) is 5.91 Å². The van der Waals surface area contributed by atoms with E-state index in [9.17, 15) is 4.79 Å². The number of carbonyl (C=O) groups excluding carboxylic acids is 1. The van der Waals surface area contributed by atoms with E-state index in [4.69, 9.17) is 10.5 Å². The van der Waals surface area contributed by atoms with E-state index in [0.717, 1.165) is 5.56 Å². The minimum Gasteiger partial charge on any atom is -0.373 e. The van der Waals surface area contributed by atoms with Gasteiger partial charge in [-0.1, -0.05) is 37.3 Å². The highest BCUT2D eigenvalue weighted by molar-refractivity contribution is 5.77. The second-order valence-corrected chi connectivity index (χ2v) is 3.92. The van der Waals surface area contributed by atoms with Crippen molar-refractivity contribution in [2.45, 2.75) is 33.0 Å². The molecule has 0 fully saturated rings. The minimum atomic E-state index is -0.289. The van der Waals surface area contributed by atoms with Gasteiger partial charge in [-0.2, -0.15) is 0 Å². The molecule has 3 nitrogen and oxygen atoms in total. The van der Waals surface area contributed by atoms with E-state index in [1.807, 2.05) is 44.2 Å². The fraction of sp³-hybridized carbons (Fsp3) is 0.462. The molecule has 1 aromatic rings. The summed E-state index contributed by atoms with van der Waals surface area (Å²) in [6, 6.07) is 9.89. The number of amides is 1. The van der Waals surface area contributed by atoms with Gasteiger partial charge in [-0.3, -0.25) is 4.79 Å². The maximum absolute atomic E-state index is 11.1. The third-order valence-corrected chi connectivity index (χ3v) is 2.73. The lowest BCUT2D eigenvalue weighted by Crippen LogP contribution is -2.32. The number of rotatable bonds is 6. The summed E-state index contributed by atoms with van der Waals surface area (Å²) in [6.45, 7) is 4.35. The molecule has 1 aromatic carbocycles. The van der Waals surface area contributed by atoms with Gasteiger partial charge in [0.25, 0.3) is 0 Å². The van der Waals surface area contributed by atoms with Crippen LogP contribution in [0.5, 0.6) is 0 Å². The SMILES string of the molecule is CC[C@H](C(N)=O)C(C)OCc1ccccc1. The Morgan fingerprint density at radius 1 is 1.38 bits per heavy atom. The number of hydrogen-bond donors (Lipinski definition) is 1. The van der Waals surface area contributed by atoms with Gasteiger partial charge in [0, 0.05) is 0 Å². The number of benzene rings is 1. The lowest BCUT2D eigenvalue weighted by Gasteiger charge is -2.20. The number of hydrogen-bond acceptors (Lipinski definition) is 2. The van der Waals surface area contributed by atoms with Gasteiger partial charge in [-0.15, -0.1) is 0 Å². The minimum absolute atomic E-state index is 0.136. The highest BCUT2D eigenvalue weighted by atomic mass is 16.5. The summed E-state index contributed by atoms with van der Waals surface area (Å²) < 4.78 is 5.64. The molecular weight excluding hydrogens is 202 g/mol. The predicted octanol–water partition coefficient (Wildman–Crippen LogP) is 2.10. The monoisotopic (exact) mass is 221 g/mol. The molecular formula is C13H19NO2. The average Bonchev–Trinajstić information content (AvgIpc) is 2.28. The second kappa shape index (κ2) is 6.28. The molecule has 88 valence electrons. The first-order valence-electron chi connectivity index (χ1n) is 5.60. The molecule has 0 bridgehead atoms. The fourth-order valence-electron chi connectivity index (χ4n) is 1.68. The Balaban J connectivity index is 2.46. The van der Waals surface area contributed by atoms with Crippen LogP contribution in [0.1, 0.15) is 25.8 Å². The molecule has 3 heteroatoms. The molecule has 0 aliphatic rings. The van der Waals surface area contributed by atoms with Crippen molar-refractivity contribution in [3.8, 4) is 0 Å². The van der Waals surface area contributed by atoms with Crippen molar-refractivity contribution in [1.82, 2.24) is 0 Å². The van der Waals surface area contributed by atoms with Crippen LogP contribution in [-0.4, -0.2) is 12.0 Å². The third-order valence-electron chi connectivity index (χ3n) is 2.73. The van der Waals surface area contributed by atoms with E-state index < -0.39 is 0 Å². The van der Waals surface area contributed by atoms with Crippen LogP contribution in [0.25, 0.3) is 0 Å². The van der Waals surface area contributed by atoms with Crippen LogP contribution in [0.4, 0.5) is 0 Å². The summed E-state index contributed by atoms with van der Waals surface area (Å²) in [4.78, 5) is 11.1. The molecule has 0 radical (unpaired) electrons. The summed E-state index contributed by atoms with van der Waals surface area (Å²) in [5, 5.41) is 0. The average molecular weight is 221 g/mol. The van der Waals surface area contributed by atoms with Crippen LogP contribution in [0, 0.1) is 5.92 Å². The standard InChI is InChI=1S/C13H19NO2/c1-3-12(13(14)15)10(2)16-9-11-7-5-4-6-8-11/h4-8,10,12H,3,9H2,1-2H3,(H2,14,15)/t10?,12-/m0/s1. The smallest absolute Gasteiger partial charge is 0.223 e. The maximum Gasteiger partial charge on any atom is 0.223 e. The van der Waals surface area contributed by atoms with Crippen LogP contribution in [0.3, 0.4) is 0 Å². The zero-order chi connectivity index (χ0) is 12.0. The fourth-order valence-corrected chi connectivity index (χ4v) is 1.68. The molecule has 0 aliphatic heterocycles. The zero-order valence-electron chi connectivity index (χ0n) is 9.85. The molecule has 0 heterocycles. The van der Waals surface area contributed by atoms with E-state index in [2.05, 4.69) is 0 Å². The molecule has 0 aromatic heterocycles. The van der Waals surface area contributed by atoms with Crippen molar-refractivity contribution in [1.29, 1.82) is 0 Å². The molecule has 1 amide bonds. The molecule has 0 spiro atoms. The molecule has 0 aliphatic carbocycles. The van der Waals surface area contributed by atoms with Gasteiger partial charge in [-0.05, 0) is 18.9 Å². The van der Waals surface area contributed by atoms with Crippen LogP contribution in [0.2, 0.25) is 0 Å². The lowest BCUT2D eigenvalue weighted by molar-refractivity contribution is -0.127. The summed E-state index contributed by atoms with van der Waals surface area (Å²) in [5.74, 6) is -0.494. The van der Waals surface area contributed by atoms with Gasteiger partial charge in [0.05, 0.1) is 18.6 Å². The summed E-state index contributed by atoms with van der Waals surface area (Å²) in [5.41, 5.74) is 6.40. The van der Waals surface area contributed by atoms with E-state index in [1.54, 1.807) is 0 Å². The first-order valence-corrected chi connectivity index (χ1v) is 5.60. The molecule has 0 saturated carbocycles. The number of primary amides is 1. The van der Waals surface area contributed by atoms with Gasteiger partial charge in [0.1, 0.15) is 0 Å². The quantitative estimate of drug-likeness (QED) is 0.799. The van der Waals surface area contributed by atoms with Crippen molar-refractivity contribution >= 4 is 5.91 Å². The Morgan fingerprint density at radius 2 is 2.00 bits per heavy atom. The topological polar surface area (TPSA) is 52.3 Å². The van der Waals surface area contributed by atoms with Crippen molar-refractivity contribution < 1.29 is 9.53 Å². The Hall–Kier alpha value is -1.35. The highest BCUT2D eigenvalue weighted by Gasteiger charge is 2.21. The van der Waals surface area contributed by atoms with Gasteiger partial charge in [-0.25, -0.2) is 0 Å². The van der Waals surface area contributed by atoms with Crippen molar-refractivity contribution in [2.75, 3.05) is 0 Å². The Morgan fingerprint density at radius 3 is 2.50 bits per heavy atom. The van der Waals surface area contributed by atoms with Gasteiger partial charge in [0.15, 0.2) is 0 Å². The predicted molar refractivity (Wildman–Crippen MR) is 63.7 cm³/mol. The van der Waals surface area contributed by atoms with Crippen molar-refractivity contribution in [3.63, 3.8) is 0 Å². The highest BCUT2D eigenvalue weighted by Crippen LogP contribution is 2.13. The van der Waals surface area contributed by atoms with E-state index >= 15 is 0 Å². The molecule has 1 rings (SSSR count). The van der Waals surface area contributed by atoms with Crippen LogP contribution >= 0.6 is 0 Å². The largest absolute Gasteiger partial charge is 0.373 e. The summed E-state index contributed by atoms with van der Waals surface area (Å²) in [7, 11) is 0. The summed E-state index contributed by atoms with van der Waals surface area (Å²) >= 11 is 0. The first-order chi connectivity index (χ1) is 7.65. The maximum atomic E-state index is 11.1. The Kier molecular flexibility index (Phi) is 4.99. The second-order valence-electron chi connectivity index (χ2n) is 3.92. The Labute approximate surface area is 96.6 Å². The van der Waals surface area contributed by atoms with E-state index in [0.29, 0.717) is 13.0 Å². The van der Waals surface area contributed by atoms with Gasteiger partial charge >= 0.3 is 0 Å². The number of carbonyl (C=O) groups is 1. The van der Waals surface area contributed by atoms with Crippen LogP contribution in [0.15, 0.2) is 30.3 Å². The van der Waals surface area contributed by atoms with Gasteiger partial charge < -0.3 is 10.5 Å². The first kappa shape index (κ1) is 12.7. The van der Waals surface area contributed by atoms with Crippen molar-refractivity contribution in [3.05, 3.63) is 35.9 Å². The van der Waals surface area contributed by atoms with Crippen LogP contribution in [-0.2, 0) is 16.1 Å². The molecule has 2 N–H and O–H groups in total. The third kappa shape index (κ3) is 3.66. The lowest BCUT2D eigenvalue weighted by atomic mass is 10.00. The number of ether oxygens (including phenoxy) is 1. The van der Waals surface area contributed by atoms with E-state index in [-0.39, 0.29) is 17.9 Å². The Bertz CT molecular complexity index is 324. The molecule has 16 heavy (non-hydrogen) atoms. The zero-order valence-corrected chi connectivity index (χ0v) is 9.85. The molecule has 0 saturated heterocycles. The summed E-state index contributed by atoms with van der Waals surface area (Å²) in [6.07, 6.45) is 0.577.